The normalized spacial score (nSPS) is 10.5. The summed E-state index contributed by atoms with van der Waals surface area (Å²) in [6, 6.07) is 15.3. The van der Waals surface area contributed by atoms with Crippen molar-refractivity contribution in [3.8, 4) is 40.3 Å². The molecule has 0 fully saturated rings. The number of anilines is 2. The van der Waals surface area contributed by atoms with Crippen LogP contribution in [-0.2, 0) is 7.05 Å². The van der Waals surface area contributed by atoms with E-state index in [1.807, 2.05) is 61.8 Å². The Balaban J connectivity index is 1.55. The number of hydrogen-bond acceptors (Lipinski definition) is 8. The van der Waals surface area contributed by atoms with Gasteiger partial charge in [-0.2, -0.15) is 5.10 Å². The highest BCUT2D eigenvalue weighted by molar-refractivity contribution is 5.83. The van der Waals surface area contributed by atoms with Crippen molar-refractivity contribution in [2.75, 3.05) is 32.8 Å². The van der Waals surface area contributed by atoms with Gasteiger partial charge in [0, 0.05) is 48.4 Å². The molecule has 5 rings (SSSR count). The molecule has 0 unspecified atom stereocenters. The van der Waals surface area contributed by atoms with E-state index in [-0.39, 0.29) is 0 Å². The molecule has 2 aromatic carbocycles. The minimum absolute atomic E-state index is 0.380. The van der Waals surface area contributed by atoms with Gasteiger partial charge in [-0.05, 0) is 36.3 Å². The van der Waals surface area contributed by atoms with E-state index in [0.717, 1.165) is 33.7 Å². The van der Waals surface area contributed by atoms with E-state index in [2.05, 4.69) is 31.8 Å². The highest BCUT2D eigenvalue weighted by Gasteiger charge is 2.14. The van der Waals surface area contributed by atoms with Crippen LogP contribution in [0.5, 0.6) is 17.2 Å². The van der Waals surface area contributed by atoms with Crippen LogP contribution in [0.15, 0.2) is 73.3 Å². The highest BCUT2D eigenvalue weighted by Crippen LogP contribution is 2.34. The van der Waals surface area contributed by atoms with Crippen LogP contribution in [0.2, 0.25) is 0 Å². The molecule has 0 saturated carbocycles. The van der Waals surface area contributed by atoms with Gasteiger partial charge in [-0.3, -0.25) is 9.67 Å². The van der Waals surface area contributed by atoms with E-state index in [9.17, 15) is 0 Å². The maximum absolute atomic E-state index is 5.52. The number of ether oxygens (including phenoxy) is 3. The van der Waals surface area contributed by atoms with Crippen molar-refractivity contribution in [3.63, 3.8) is 0 Å². The maximum atomic E-state index is 5.52. The summed E-state index contributed by atoms with van der Waals surface area (Å²) >= 11 is 0. The summed E-state index contributed by atoms with van der Waals surface area (Å²) in [5.74, 6) is 8.41. The molecule has 5 aromatic rings. The Hall–Kier alpha value is -5.10. The first-order valence-corrected chi connectivity index (χ1v) is 11.8. The number of pyridine rings is 1. The lowest BCUT2D eigenvalue weighted by atomic mass is 10.2. The number of nitrogens with zero attached hydrogens (tertiary/aromatic N) is 6. The summed E-state index contributed by atoms with van der Waals surface area (Å²) in [5, 5.41) is 4.25. The summed E-state index contributed by atoms with van der Waals surface area (Å²) in [7, 11) is 6.74. The quantitative estimate of drug-likeness (QED) is 0.295. The second-order valence-electron chi connectivity index (χ2n) is 8.37. The second kappa shape index (κ2) is 10.9. The molecule has 0 radical (unpaired) electrons. The molecule has 0 saturated heterocycles. The lowest BCUT2D eigenvalue weighted by molar-refractivity contribution is 0.394. The van der Waals surface area contributed by atoms with Gasteiger partial charge < -0.3 is 19.1 Å². The van der Waals surface area contributed by atoms with Crippen LogP contribution in [0.25, 0.3) is 22.3 Å². The highest BCUT2D eigenvalue weighted by atomic mass is 16.5. The first-order valence-electron chi connectivity index (χ1n) is 11.8. The number of aromatic nitrogens is 5. The van der Waals surface area contributed by atoms with E-state index < -0.39 is 0 Å². The van der Waals surface area contributed by atoms with Gasteiger partial charge in [-0.15, -0.1) is 0 Å². The number of hydrogen-bond donors (Lipinski definition) is 0. The Morgan fingerprint density at radius 3 is 2.24 bits per heavy atom. The zero-order valence-corrected chi connectivity index (χ0v) is 21.5. The summed E-state index contributed by atoms with van der Waals surface area (Å²) in [4.78, 5) is 15.9. The molecule has 38 heavy (non-hydrogen) atoms. The number of aryl methyl sites for hydroxylation is 1. The monoisotopic (exact) mass is 506 g/mol. The van der Waals surface area contributed by atoms with Crippen molar-refractivity contribution in [1.82, 2.24) is 24.7 Å². The van der Waals surface area contributed by atoms with Crippen molar-refractivity contribution in [1.29, 1.82) is 0 Å². The molecule has 9 nitrogen and oxygen atoms in total. The molecule has 0 atom stereocenters. The third-order valence-corrected chi connectivity index (χ3v) is 5.91. The fourth-order valence-corrected chi connectivity index (χ4v) is 3.92. The predicted octanol–water partition coefficient (Wildman–Crippen LogP) is 4.64. The summed E-state index contributed by atoms with van der Waals surface area (Å²) in [5.41, 5.74) is 5.60. The van der Waals surface area contributed by atoms with Crippen LogP contribution < -0.4 is 19.1 Å². The van der Waals surface area contributed by atoms with Crippen LogP contribution >= 0.6 is 0 Å². The standard InChI is InChI=1S/C29H26N6O3/c1-34-19-20(16-32-34)29-18-31-27-10-8-22(14-28(27)33-29)35(23-12-25(37-3)15-26(13-23)38-4)11-5-6-21-7-9-24(36-2)17-30-21/h7-10,12-19H,11H2,1-4H3. The van der Waals surface area contributed by atoms with Gasteiger partial charge in [0.15, 0.2) is 0 Å². The molecule has 0 aliphatic carbocycles. The summed E-state index contributed by atoms with van der Waals surface area (Å²) in [6.45, 7) is 0.380. The molecule has 3 heterocycles. The van der Waals surface area contributed by atoms with Gasteiger partial charge in [0.25, 0.3) is 0 Å². The molecule has 9 heteroatoms. The van der Waals surface area contributed by atoms with Crippen LogP contribution in [-0.4, -0.2) is 52.6 Å². The fourth-order valence-electron chi connectivity index (χ4n) is 3.92. The van der Waals surface area contributed by atoms with Crippen molar-refractivity contribution in [2.45, 2.75) is 0 Å². The molecule has 0 bridgehead atoms. The molecule has 0 amide bonds. The van der Waals surface area contributed by atoms with Crippen molar-refractivity contribution < 1.29 is 14.2 Å². The van der Waals surface area contributed by atoms with Gasteiger partial charge >= 0.3 is 0 Å². The lowest BCUT2D eigenvalue weighted by Gasteiger charge is -2.24. The number of benzene rings is 2. The molecular weight excluding hydrogens is 480 g/mol. The second-order valence-corrected chi connectivity index (χ2v) is 8.37. The molecule has 0 N–H and O–H groups in total. The lowest BCUT2D eigenvalue weighted by Crippen LogP contribution is -2.17. The minimum atomic E-state index is 0.380. The largest absolute Gasteiger partial charge is 0.497 e. The smallest absolute Gasteiger partial charge is 0.137 e. The Morgan fingerprint density at radius 2 is 1.58 bits per heavy atom. The van der Waals surface area contributed by atoms with E-state index in [1.165, 1.54) is 0 Å². The zero-order valence-electron chi connectivity index (χ0n) is 21.5. The SMILES string of the molecule is COc1ccc(C#CCN(c2cc(OC)cc(OC)c2)c2ccc3ncc(-c4cnn(C)c4)nc3c2)nc1. The Labute approximate surface area is 220 Å². The number of rotatable bonds is 7. The average molecular weight is 507 g/mol. The molecule has 0 spiro atoms. The molecular formula is C29H26N6O3. The van der Waals surface area contributed by atoms with Crippen molar-refractivity contribution in [3.05, 3.63) is 79.0 Å². The first-order chi connectivity index (χ1) is 18.6. The van der Waals surface area contributed by atoms with Gasteiger partial charge in [-0.1, -0.05) is 5.92 Å². The predicted molar refractivity (Wildman–Crippen MR) is 146 cm³/mol. The third-order valence-electron chi connectivity index (χ3n) is 5.91. The third kappa shape index (κ3) is 5.34. The molecule has 190 valence electrons. The fraction of sp³-hybridized carbons (Fsp3) is 0.172. The van der Waals surface area contributed by atoms with Gasteiger partial charge in [0.2, 0.25) is 0 Å². The van der Waals surface area contributed by atoms with Crippen LogP contribution in [0, 0.1) is 11.8 Å². The first kappa shape index (κ1) is 24.6. The zero-order chi connectivity index (χ0) is 26.5. The topological polar surface area (TPSA) is 87.4 Å². The van der Waals surface area contributed by atoms with E-state index in [4.69, 9.17) is 19.2 Å². The van der Waals surface area contributed by atoms with Crippen LogP contribution in [0.4, 0.5) is 11.4 Å². The Morgan fingerprint density at radius 1 is 0.789 bits per heavy atom. The molecule has 0 aliphatic rings. The van der Waals surface area contributed by atoms with Crippen LogP contribution in [0.1, 0.15) is 5.69 Å². The van der Waals surface area contributed by atoms with Gasteiger partial charge in [-0.25, -0.2) is 9.97 Å². The van der Waals surface area contributed by atoms with E-state index in [0.29, 0.717) is 29.5 Å². The summed E-state index contributed by atoms with van der Waals surface area (Å²) < 4.78 is 18.0. The average Bonchev–Trinajstić information content (AvgIpc) is 3.41. The van der Waals surface area contributed by atoms with Crippen LogP contribution in [0.3, 0.4) is 0 Å². The van der Waals surface area contributed by atoms with E-state index >= 15 is 0 Å². The van der Waals surface area contributed by atoms with Crippen molar-refractivity contribution in [2.24, 2.45) is 7.05 Å². The number of methoxy groups -OCH3 is 3. The van der Waals surface area contributed by atoms with E-state index in [1.54, 1.807) is 44.6 Å². The molecule has 0 aliphatic heterocycles. The maximum Gasteiger partial charge on any atom is 0.137 e. The minimum Gasteiger partial charge on any atom is -0.497 e. The van der Waals surface area contributed by atoms with Gasteiger partial charge in [0.05, 0.1) is 63.2 Å². The number of fused-ring (bicyclic) bond motifs is 1. The Bertz CT molecular complexity index is 1610. The Kier molecular flexibility index (Phi) is 7.04. The summed E-state index contributed by atoms with van der Waals surface area (Å²) in [6.07, 6.45) is 7.10. The molecule has 3 aromatic heterocycles. The van der Waals surface area contributed by atoms with Gasteiger partial charge in [0.1, 0.15) is 22.9 Å². The van der Waals surface area contributed by atoms with Crippen molar-refractivity contribution >= 4 is 22.4 Å².